The number of para-hydroxylation sites is 1. The van der Waals surface area contributed by atoms with Crippen LogP contribution >= 0.6 is 22.7 Å². The summed E-state index contributed by atoms with van der Waals surface area (Å²) in [5.74, 6) is 3.34. The molecule has 0 atom stereocenters. The van der Waals surface area contributed by atoms with Crippen LogP contribution in [0.5, 0.6) is 23.0 Å². The first-order chi connectivity index (χ1) is 16.3. The molecule has 7 heteroatoms. The second-order valence-electron chi connectivity index (χ2n) is 8.06. The summed E-state index contributed by atoms with van der Waals surface area (Å²) in [5, 5.41) is 6.62. The van der Waals surface area contributed by atoms with Gasteiger partial charge in [-0.1, -0.05) is 30.3 Å². The van der Waals surface area contributed by atoms with Crippen molar-refractivity contribution in [2.24, 2.45) is 0 Å². The summed E-state index contributed by atoms with van der Waals surface area (Å²) < 4.78 is 26.4. The van der Waals surface area contributed by atoms with Gasteiger partial charge in [-0.05, 0) is 13.0 Å². The van der Waals surface area contributed by atoms with Gasteiger partial charge in [0.25, 0.3) is 0 Å². The molecule has 5 heterocycles. The number of aryl methyl sites for hydroxylation is 1. The van der Waals surface area contributed by atoms with E-state index in [0.29, 0.717) is 26.4 Å². The Balaban J connectivity index is 1.62. The first-order valence-corrected chi connectivity index (χ1v) is 12.9. The zero-order chi connectivity index (χ0) is 21.9. The first kappa shape index (κ1) is 19.3. The number of hydrogen-bond donors (Lipinski definition) is 0. The maximum absolute atomic E-state index is 6.15. The molecule has 0 bridgehead atoms. The van der Waals surface area contributed by atoms with Crippen LogP contribution in [0.2, 0.25) is 0 Å². The lowest BCUT2D eigenvalue weighted by Gasteiger charge is -2.20. The van der Waals surface area contributed by atoms with Crippen molar-refractivity contribution in [2.45, 2.75) is 13.5 Å². The number of ether oxygens (including phenoxy) is 4. The lowest BCUT2D eigenvalue weighted by molar-refractivity contribution is 0.174. The van der Waals surface area contributed by atoms with Gasteiger partial charge in [-0.2, -0.15) is 0 Å². The number of aromatic nitrogens is 1. The number of benzene rings is 2. The van der Waals surface area contributed by atoms with Gasteiger partial charge in [0.2, 0.25) is 0 Å². The lowest BCUT2D eigenvalue weighted by atomic mass is 9.99. The van der Waals surface area contributed by atoms with E-state index in [4.69, 9.17) is 18.9 Å². The molecule has 0 N–H and O–H groups in total. The highest BCUT2D eigenvalue weighted by Crippen LogP contribution is 2.55. The third kappa shape index (κ3) is 2.75. The molecule has 0 spiro atoms. The molecule has 2 aliphatic rings. The summed E-state index contributed by atoms with van der Waals surface area (Å²) in [4.78, 5) is 2.19. The summed E-state index contributed by atoms with van der Waals surface area (Å²) in [6.45, 7) is 5.37. The van der Waals surface area contributed by atoms with Crippen LogP contribution in [-0.2, 0) is 6.54 Å². The Kier molecular flexibility index (Phi) is 4.35. The van der Waals surface area contributed by atoms with Gasteiger partial charge in [0.1, 0.15) is 26.4 Å². The summed E-state index contributed by atoms with van der Waals surface area (Å²) >= 11 is 3.35. The van der Waals surface area contributed by atoms with E-state index in [1.807, 2.05) is 0 Å². The van der Waals surface area contributed by atoms with Gasteiger partial charge >= 0.3 is 0 Å². The van der Waals surface area contributed by atoms with Crippen molar-refractivity contribution in [3.05, 3.63) is 47.2 Å². The molecule has 5 nitrogen and oxygen atoms in total. The van der Waals surface area contributed by atoms with Crippen LogP contribution in [0.15, 0.2) is 47.2 Å². The third-order valence-corrected chi connectivity index (χ3v) is 8.25. The topological polar surface area (TPSA) is 41.9 Å². The number of rotatable bonds is 3. The van der Waals surface area contributed by atoms with E-state index in [1.165, 1.54) is 27.4 Å². The van der Waals surface area contributed by atoms with E-state index in [1.54, 1.807) is 22.7 Å². The molecule has 0 unspecified atom stereocenters. The fourth-order valence-corrected chi connectivity index (χ4v) is 6.93. The summed E-state index contributed by atoms with van der Waals surface area (Å²) in [6, 6.07) is 13.1. The Hall–Kier alpha value is -3.16. The molecule has 33 heavy (non-hydrogen) atoms. The highest BCUT2D eigenvalue weighted by atomic mass is 32.1. The molecule has 2 aromatic carbocycles. The number of fused-ring (bicyclic) bond motifs is 5. The van der Waals surface area contributed by atoms with E-state index in [2.05, 4.69) is 58.6 Å². The molecule has 5 aromatic rings. The van der Waals surface area contributed by atoms with Crippen LogP contribution in [-0.4, -0.2) is 31.0 Å². The van der Waals surface area contributed by atoms with Crippen molar-refractivity contribution in [1.82, 2.24) is 4.57 Å². The van der Waals surface area contributed by atoms with Crippen LogP contribution in [0.1, 0.15) is 6.92 Å². The van der Waals surface area contributed by atoms with Crippen molar-refractivity contribution in [3.8, 4) is 43.9 Å². The van der Waals surface area contributed by atoms with E-state index < -0.39 is 0 Å². The lowest BCUT2D eigenvalue weighted by Crippen LogP contribution is -2.14. The molecule has 0 saturated carbocycles. The van der Waals surface area contributed by atoms with Gasteiger partial charge in [0.05, 0.1) is 15.3 Å². The molecule has 0 radical (unpaired) electrons. The molecule has 0 saturated heterocycles. The fourth-order valence-electron chi connectivity index (χ4n) is 4.98. The van der Waals surface area contributed by atoms with Gasteiger partial charge in [-0.15, -0.1) is 22.7 Å². The second kappa shape index (κ2) is 7.43. The van der Waals surface area contributed by atoms with Crippen molar-refractivity contribution >= 4 is 44.5 Å². The highest BCUT2D eigenvalue weighted by molar-refractivity contribution is 7.15. The van der Waals surface area contributed by atoms with Crippen molar-refractivity contribution < 1.29 is 18.9 Å². The van der Waals surface area contributed by atoms with Crippen molar-refractivity contribution in [3.63, 3.8) is 0 Å². The smallest absolute Gasteiger partial charge is 0.180 e. The minimum absolute atomic E-state index is 0.560. The van der Waals surface area contributed by atoms with E-state index in [-0.39, 0.29) is 0 Å². The van der Waals surface area contributed by atoms with E-state index >= 15 is 0 Å². The largest absolute Gasteiger partial charge is 0.485 e. The Morgan fingerprint density at radius 3 is 2.18 bits per heavy atom. The third-order valence-electron chi connectivity index (χ3n) is 6.32. The van der Waals surface area contributed by atoms with Crippen molar-refractivity contribution in [1.29, 1.82) is 0 Å². The predicted molar refractivity (Wildman–Crippen MR) is 134 cm³/mol. The van der Waals surface area contributed by atoms with E-state index in [9.17, 15) is 0 Å². The Morgan fingerprint density at radius 2 is 1.42 bits per heavy atom. The quantitative estimate of drug-likeness (QED) is 0.287. The second-order valence-corrected chi connectivity index (χ2v) is 9.82. The summed E-state index contributed by atoms with van der Waals surface area (Å²) in [6.07, 6.45) is 0. The van der Waals surface area contributed by atoms with Gasteiger partial charge in [-0.3, -0.25) is 0 Å². The molecule has 0 fully saturated rings. The minimum Gasteiger partial charge on any atom is -0.485 e. The monoisotopic (exact) mass is 475 g/mol. The van der Waals surface area contributed by atoms with Gasteiger partial charge in [-0.25, -0.2) is 0 Å². The van der Waals surface area contributed by atoms with Crippen LogP contribution < -0.4 is 18.9 Å². The molecule has 7 rings (SSSR count). The van der Waals surface area contributed by atoms with Gasteiger partial charge < -0.3 is 23.5 Å². The zero-order valence-corrected chi connectivity index (χ0v) is 19.7. The zero-order valence-electron chi connectivity index (χ0n) is 18.1. The SMILES string of the molecule is CCn1c2ccccc2c2ccc(-c3scc4c3OCCO4)c(-c3scc4c3OCCO4)c21. The molecule has 0 amide bonds. The van der Waals surface area contributed by atoms with Gasteiger partial charge in [0, 0.05) is 44.7 Å². The summed E-state index contributed by atoms with van der Waals surface area (Å²) in [7, 11) is 0. The molecule has 3 aromatic heterocycles. The average molecular weight is 476 g/mol. The first-order valence-electron chi connectivity index (χ1n) is 11.1. The van der Waals surface area contributed by atoms with E-state index in [0.717, 1.165) is 44.9 Å². The van der Waals surface area contributed by atoms with Crippen LogP contribution in [0.4, 0.5) is 0 Å². The van der Waals surface area contributed by atoms with Crippen LogP contribution in [0.3, 0.4) is 0 Å². The normalized spacial score (nSPS) is 14.8. The van der Waals surface area contributed by atoms with Crippen LogP contribution in [0, 0.1) is 0 Å². The Labute approximate surface area is 198 Å². The minimum atomic E-state index is 0.560. The standard InChI is InChI=1S/C26H21NO4S2/c1-2-27-18-6-4-3-5-15(18)16-7-8-17(25-23-19(13-32-25)28-9-11-30-23)21(22(16)27)26-24-20(14-33-26)29-10-12-31-24/h3-8,13-14H,2,9-12H2,1H3. The average Bonchev–Trinajstić information content (AvgIpc) is 3.57. The molecule has 2 aliphatic heterocycles. The number of thiophene rings is 2. The maximum atomic E-state index is 6.15. The Bertz CT molecular complexity index is 1530. The fraction of sp³-hybridized carbons (Fsp3) is 0.231. The van der Waals surface area contributed by atoms with Crippen molar-refractivity contribution in [2.75, 3.05) is 26.4 Å². The molecular formula is C26H21NO4S2. The summed E-state index contributed by atoms with van der Waals surface area (Å²) in [5.41, 5.74) is 4.76. The molecule has 166 valence electrons. The van der Waals surface area contributed by atoms with Gasteiger partial charge in [0.15, 0.2) is 23.0 Å². The number of nitrogens with zero attached hydrogens (tertiary/aromatic N) is 1. The molecular weight excluding hydrogens is 454 g/mol. The predicted octanol–water partition coefficient (Wildman–Crippen LogP) is 6.81. The Morgan fingerprint density at radius 1 is 0.758 bits per heavy atom. The van der Waals surface area contributed by atoms with Crippen LogP contribution in [0.25, 0.3) is 42.7 Å². The number of hydrogen-bond acceptors (Lipinski definition) is 6. The molecule has 0 aliphatic carbocycles. The highest BCUT2D eigenvalue weighted by Gasteiger charge is 2.29. The maximum Gasteiger partial charge on any atom is 0.180 e.